The molecule has 1 amide bonds. The van der Waals surface area contributed by atoms with E-state index in [1.807, 2.05) is 0 Å². The van der Waals surface area contributed by atoms with Gasteiger partial charge in [-0.05, 0) is 38.7 Å². The number of carbonyl (C=O) groups excluding carboxylic acids is 1. The highest BCUT2D eigenvalue weighted by Gasteiger charge is 2.46. The first-order valence-electron chi connectivity index (χ1n) is 9.47. The molecule has 28 heavy (non-hydrogen) atoms. The summed E-state index contributed by atoms with van der Waals surface area (Å²) >= 11 is 0. The van der Waals surface area contributed by atoms with Gasteiger partial charge in [-0.15, -0.1) is 0 Å². The number of nitrogens with zero attached hydrogens (tertiary/aromatic N) is 5. The Morgan fingerprint density at radius 2 is 2.07 bits per heavy atom. The van der Waals surface area contributed by atoms with E-state index in [1.54, 1.807) is 41.9 Å². The van der Waals surface area contributed by atoms with Crippen molar-refractivity contribution in [2.24, 2.45) is 7.05 Å². The molecule has 0 aliphatic carbocycles. The van der Waals surface area contributed by atoms with Gasteiger partial charge in [0.25, 0.3) is 5.91 Å². The van der Waals surface area contributed by atoms with Crippen LogP contribution in [0.5, 0.6) is 0 Å². The maximum Gasteiger partial charge on any atom is 0.410 e. The third-order valence-corrected chi connectivity index (χ3v) is 5.44. The first-order chi connectivity index (χ1) is 13.2. The van der Waals surface area contributed by atoms with Crippen LogP contribution in [0.4, 0.5) is 19.0 Å². The van der Waals surface area contributed by atoms with Crippen molar-refractivity contribution in [1.29, 1.82) is 0 Å². The van der Waals surface area contributed by atoms with Crippen LogP contribution in [-0.4, -0.2) is 49.1 Å². The van der Waals surface area contributed by atoms with E-state index in [1.165, 1.54) is 0 Å². The molecule has 1 unspecified atom stereocenters. The zero-order valence-electron chi connectivity index (χ0n) is 15.8. The van der Waals surface area contributed by atoms with Crippen molar-refractivity contribution < 1.29 is 18.0 Å². The molecule has 152 valence electrons. The van der Waals surface area contributed by atoms with E-state index in [0.29, 0.717) is 30.2 Å². The third-order valence-electron chi connectivity index (χ3n) is 5.44. The quantitative estimate of drug-likeness (QED) is 0.846. The molecule has 2 aromatic heterocycles. The van der Waals surface area contributed by atoms with Gasteiger partial charge in [0.05, 0.1) is 11.7 Å². The molecule has 0 radical (unpaired) electrons. The summed E-state index contributed by atoms with van der Waals surface area (Å²) in [5.41, 5.74) is 0.827. The number of likely N-dealkylation sites (tertiary alicyclic amines) is 1. The Labute approximate surface area is 160 Å². The molecule has 1 fully saturated rings. The smallest absolute Gasteiger partial charge is 0.368 e. The molecular weight excluding hydrogens is 373 g/mol. The van der Waals surface area contributed by atoms with Crippen LogP contribution in [0, 0.1) is 0 Å². The van der Waals surface area contributed by atoms with Crippen LogP contribution in [-0.2, 0) is 7.05 Å². The van der Waals surface area contributed by atoms with Crippen LogP contribution in [0.2, 0.25) is 0 Å². The first kappa shape index (κ1) is 18.8. The largest absolute Gasteiger partial charge is 0.410 e. The normalized spacial score (nSPS) is 25.3. The lowest BCUT2D eigenvalue weighted by molar-refractivity contribution is -0.173. The molecule has 0 aromatic carbocycles. The summed E-state index contributed by atoms with van der Waals surface area (Å²) in [6.07, 6.45) is -0.334. The van der Waals surface area contributed by atoms with Crippen LogP contribution >= 0.6 is 0 Å². The Morgan fingerprint density at radius 3 is 2.75 bits per heavy atom. The second-order valence-corrected chi connectivity index (χ2v) is 7.62. The van der Waals surface area contributed by atoms with Crippen LogP contribution in [0.25, 0.3) is 0 Å². The molecule has 0 saturated carbocycles. The van der Waals surface area contributed by atoms with E-state index in [4.69, 9.17) is 0 Å². The van der Waals surface area contributed by atoms with Crippen molar-refractivity contribution in [3.05, 3.63) is 29.7 Å². The van der Waals surface area contributed by atoms with Crippen molar-refractivity contribution in [2.75, 3.05) is 11.9 Å². The SMILES string of the molecule is C[C@@H]1C[C@H](C(F)(F)F)n2nc(C3CCCCN3C(=O)c3ccn(C)n3)cc2N1. The molecule has 4 rings (SSSR count). The number of carbonyl (C=O) groups is 1. The molecular formula is C18H23F3N6O. The fourth-order valence-corrected chi connectivity index (χ4v) is 4.10. The van der Waals surface area contributed by atoms with Crippen molar-refractivity contribution in [1.82, 2.24) is 24.5 Å². The highest BCUT2D eigenvalue weighted by molar-refractivity contribution is 5.92. The van der Waals surface area contributed by atoms with E-state index in [-0.39, 0.29) is 24.4 Å². The van der Waals surface area contributed by atoms with Gasteiger partial charge in [0.15, 0.2) is 6.04 Å². The van der Waals surface area contributed by atoms with Crippen molar-refractivity contribution in [3.8, 4) is 0 Å². The zero-order valence-corrected chi connectivity index (χ0v) is 15.8. The second kappa shape index (κ2) is 6.82. The number of piperidine rings is 1. The van der Waals surface area contributed by atoms with Gasteiger partial charge >= 0.3 is 6.18 Å². The summed E-state index contributed by atoms with van der Waals surface area (Å²) in [5, 5.41) is 11.6. The van der Waals surface area contributed by atoms with Gasteiger partial charge in [-0.3, -0.25) is 9.48 Å². The number of hydrogen-bond donors (Lipinski definition) is 1. The van der Waals surface area contributed by atoms with Gasteiger partial charge in [-0.25, -0.2) is 4.68 Å². The van der Waals surface area contributed by atoms with Crippen LogP contribution in [0.1, 0.15) is 60.9 Å². The second-order valence-electron chi connectivity index (χ2n) is 7.62. The topological polar surface area (TPSA) is 68.0 Å². The number of alkyl halides is 3. The lowest BCUT2D eigenvalue weighted by Crippen LogP contribution is -2.39. The Hall–Kier alpha value is -2.52. The Kier molecular flexibility index (Phi) is 4.59. The van der Waals surface area contributed by atoms with Crippen molar-refractivity contribution in [2.45, 2.75) is 56.9 Å². The average Bonchev–Trinajstić information content (AvgIpc) is 3.25. The molecule has 1 N–H and O–H groups in total. The molecule has 3 atom stereocenters. The van der Waals surface area contributed by atoms with Crippen LogP contribution in [0.15, 0.2) is 18.3 Å². The van der Waals surface area contributed by atoms with Crippen LogP contribution in [0.3, 0.4) is 0 Å². The molecule has 1 saturated heterocycles. The summed E-state index contributed by atoms with van der Waals surface area (Å²) in [6, 6.07) is 0.989. The molecule has 0 spiro atoms. The van der Waals surface area contributed by atoms with E-state index < -0.39 is 12.2 Å². The third kappa shape index (κ3) is 3.35. The summed E-state index contributed by atoms with van der Waals surface area (Å²) in [5.74, 6) is 0.136. The minimum absolute atomic E-state index is 0.0706. The summed E-state index contributed by atoms with van der Waals surface area (Å²) in [4.78, 5) is 14.6. The lowest BCUT2D eigenvalue weighted by Gasteiger charge is -2.34. The van der Waals surface area contributed by atoms with E-state index in [2.05, 4.69) is 15.5 Å². The number of anilines is 1. The lowest BCUT2D eigenvalue weighted by atomic mass is 9.99. The molecule has 2 aliphatic heterocycles. The Morgan fingerprint density at radius 1 is 1.29 bits per heavy atom. The fourth-order valence-electron chi connectivity index (χ4n) is 4.10. The van der Waals surface area contributed by atoms with E-state index in [9.17, 15) is 18.0 Å². The van der Waals surface area contributed by atoms with Gasteiger partial charge < -0.3 is 10.2 Å². The molecule has 10 heteroatoms. The van der Waals surface area contributed by atoms with Gasteiger partial charge in [0.2, 0.25) is 0 Å². The van der Waals surface area contributed by atoms with Crippen LogP contribution < -0.4 is 5.32 Å². The number of halogens is 3. The summed E-state index contributed by atoms with van der Waals surface area (Å²) in [7, 11) is 1.73. The molecule has 2 aliphatic rings. The predicted molar refractivity (Wildman–Crippen MR) is 95.9 cm³/mol. The molecule has 4 heterocycles. The van der Waals surface area contributed by atoms with Crippen molar-refractivity contribution in [3.63, 3.8) is 0 Å². The number of rotatable bonds is 2. The van der Waals surface area contributed by atoms with E-state index >= 15 is 0 Å². The number of hydrogen-bond acceptors (Lipinski definition) is 4. The summed E-state index contributed by atoms with van der Waals surface area (Å²) in [6.45, 7) is 2.27. The van der Waals surface area contributed by atoms with Crippen molar-refractivity contribution >= 4 is 11.7 Å². The Balaban J connectivity index is 1.66. The standard InChI is InChI=1S/C18H23F3N6O/c1-11-9-15(18(19,20)21)27-16(22-11)10-13(24-27)14-5-3-4-7-26(14)17(28)12-6-8-25(2)23-12/h6,8,10-11,14-15,22H,3-5,7,9H2,1-2H3/t11-,14?,15-/m1/s1. The first-order valence-corrected chi connectivity index (χ1v) is 9.47. The number of fused-ring (bicyclic) bond motifs is 1. The molecule has 7 nitrogen and oxygen atoms in total. The Bertz CT molecular complexity index is 873. The summed E-state index contributed by atoms with van der Waals surface area (Å²) < 4.78 is 43.1. The molecule has 0 bridgehead atoms. The maximum absolute atomic E-state index is 13.5. The van der Waals surface area contributed by atoms with E-state index in [0.717, 1.165) is 17.5 Å². The van der Waals surface area contributed by atoms with Gasteiger partial charge in [-0.2, -0.15) is 23.4 Å². The minimum Gasteiger partial charge on any atom is -0.368 e. The molecule has 2 aromatic rings. The number of aromatic nitrogens is 4. The average molecular weight is 396 g/mol. The number of nitrogens with one attached hydrogen (secondary N) is 1. The fraction of sp³-hybridized carbons (Fsp3) is 0.611. The number of amides is 1. The zero-order chi connectivity index (χ0) is 20.1. The monoisotopic (exact) mass is 396 g/mol. The minimum atomic E-state index is -4.37. The highest BCUT2D eigenvalue weighted by atomic mass is 19.4. The highest BCUT2D eigenvalue weighted by Crippen LogP contribution is 2.41. The number of aryl methyl sites for hydroxylation is 1. The van der Waals surface area contributed by atoms with Gasteiger partial charge in [0.1, 0.15) is 11.5 Å². The predicted octanol–water partition coefficient (Wildman–Crippen LogP) is 3.29. The van der Waals surface area contributed by atoms with Gasteiger partial charge in [-0.1, -0.05) is 0 Å². The maximum atomic E-state index is 13.5. The van der Waals surface area contributed by atoms with Gasteiger partial charge in [0, 0.05) is 31.9 Å².